The smallest absolute Gasteiger partial charge is 0.323 e. The van der Waals surface area contributed by atoms with Crippen molar-refractivity contribution in [3.63, 3.8) is 0 Å². The lowest BCUT2D eigenvalue weighted by Gasteiger charge is -2.29. The summed E-state index contributed by atoms with van der Waals surface area (Å²) >= 11 is 3.30. The molecule has 8 heteroatoms. The number of nitrogens with one attached hydrogen (secondary N) is 2. The largest absolute Gasteiger partial charge is 0.387 e. The molecule has 0 aliphatic heterocycles. The zero-order chi connectivity index (χ0) is 15.3. The van der Waals surface area contributed by atoms with Gasteiger partial charge in [-0.05, 0) is 31.5 Å². The van der Waals surface area contributed by atoms with Gasteiger partial charge >= 0.3 is 5.69 Å². The second-order valence-corrected chi connectivity index (χ2v) is 8.73. The Hall–Kier alpha value is -1.12. The van der Waals surface area contributed by atoms with Crippen molar-refractivity contribution in [1.29, 1.82) is 0 Å². The lowest BCUT2D eigenvalue weighted by atomic mass is 9.98. The first-order chi connectivity index (χ1) is 9.04. The Balaban J connectivity index is 2.63. The lowest BCUT2D eigenvalue weighted by Crippen LogP contribution is -2.38. The SMILES string of the molecule is CC(C)(C(O)c1cc2[nH]c(=O)[nH]c2cc1Br)S(C)(=O)=O. The topological polar surface area (TPSA) is 103 Å². The van der Waals surface area contributed by atoms with E-state index in [1.165, 1.54) is 13.8 Å². The van der Waals surface area contributed by atoms with Crippen molar-refractivity contribution in [2.45, 2.75) is 24.7 Å². The molecule has 1 unspecified atom stereocenters. The Labute approximate surface area is 124 Å². The van der Waals surface area contributed by atoms with E-state index in [0.717, 1.165) is 6.26 Å². The van der Waals surface area contributed by atoms with Crippen LogP contribution < -0.4 is 5.69 Å². The molecule has 1 aromatic heterocycles. The van der Waals surface area contributed by atoms with Crippen LogP contribution in [0.25, 0.3) is 11.0 Å². The normalized spacial score (nSPS) is 14.7. The average Bonchev–Trinajstić information content (AvgIpc) is 2.64. The minimum atomic E-state index is -3.47. The van der Waals surface area contributed by atoms with E-state index in [1.807, 2.05) is 0 Å². The van der Waals surface area contributed by atoms with Crippen LogP contribution in [0.2, 0.25) is 0 Å². The molecule has 1 aromatic carbocycles. The molecule has 0 saturated carbocycles. The van der Waals surface area contributed by atoms with Crippen LogP contribution in [0.5, 0.6) is 0 Å². The molecule has 0 saturated heterocycles. The summed E-state index contributed by atoms with van der Waals surface area (Å²) < 4.78 is 22.8. The third-order valence-corrected chi connectivity index (χ3v) is 6.36. The molecule has 0 amide bonds. The molecule has 1 atom stereocenters. The zero-order valence-corrected chi connectivity index (χ0v) is 13.6. The molecule has 20 heavy (non-hydrogen) atoms. The van der Waals surface area contributed by atoms with Crippen LogP contribution in [-0.2, 0) is 9.84 Å². The van der Waals surface area contributed by atoms with Gasteiger partial charge in [0, 0.05) is 10.7 Å². The monoisotopic (exact) mass is 362 g/mol. The Kier molecular flexibility index (Phi) is 3.60. The Bertz CT molecular complexity index is 820. The number of aromatic nitrogens is 2. The van der Waals surface area contributed by atoms with Gasteiger partial charge in [-0.15, -0.1) is 0 Å². The van der Waals surface area contributed by atoms with Crippen LogP contribution in [0.1, 0.15) is 25.5 Å². The van der Waals surface area contributed by atoms with Crippen LogP contribution in [-0.4, -0.2) is 34.5 Å². The van der Waals surface area contributed by atoms with Gasteiger partial charge in [0.25, 0.3) is 0 Å². The van der Waals surface area contributed by atoms with Gasteiger partial charge in [0.2, 0.25) is 0 Å². The van der Waals surface area contributed by atoms with Crippen molar-refractivity contribution >= 4 is 36.8 Å². The van der Waals surface area contributed by atoms with Crippen molar-refractivity contribution in [2.24, 2.45) is 0 Å². The predicted molar refractivity (Wildman–Crippen MR) is 80.5 cm³/mol. The quantitative estimate of drug-likeness (QED) is 0.768. The number of rotatable bonds is 3. The predicted octanol–water partition coefficient (Wildman–Crippen LogP) is 1.48. The van der Waals surface area contributed by atoms with E-state index in [2.05, 4.69) is 25.9 Å². The van der Waals surface area contributed by atoms with Crippen molar-refractivity contribution in [1.82, 2.24) is 9.97 Å². The maximum absolute atomic E-state index is 11.8. The maximum atomic E-state index is 11.8. The van der Waals surface area contributed by atoms with Crippen molar-refractivity contribution in [3.8, 4) is 0 Å². The first-order valence-electron chi connectivity index (χ1n) is 5.83. The van der Waals surface area contributed by atoms with Crippen molar-refractivity contribution in [2.75, 3.05) is 6.26 Å². The second-order valence-electron chi connectivity index (χ2n) is 5.28. The summed E-state index contributed by atoms with van der Waals surface area (Å²) in [6.45, 7) is 2.92. The Morgan fingerprint density at radius 2 is 1.75 bits per heavy atom. The van der Waals surface area contributed by atoms with Gasteiger partial charge in [-0.2, -0.15) is 0 Å². The molecule has 3 N–H and O–H groups in total. The molecule has 0 fully saturated rings. The molecular weight excluding hydrogens is 348 g/mol. The molecule has 2 rings (SSSR count). The van der Waals surface area contributed by atoms with E-state index in [4.69, 9.17) is 0 Å². The number of sulfone groups is 1. The first kappa shape index (κ1) is 15.3. The Morgan fingerprint density at radius 3 is 2.25 bits per heavy atom. The number of aromatic amines is 2. The van der Waals surface area contributed by atoms with Crippen LogP contribution in [0.4, 0.5) is 0 Å². The number of benzene rings is 1. The minimum Gasteiger partial charge on any atom is -0.387 e. The molecule has 2 aromatic rings. The van der Waals surface area contributed by atoms with E-state index in [-0.39, 0.29) is 5.69 Å². The van der Waals surface area contributed by atoms with E-state index in [1.54, 1.807) is 12.1 Å². The highest BCUT2D eigenvalue weighted by Gasteiger charge is 2.39. The number of H-pyrrole nitrogens is 2. The van der Waals surface area contributed by atoms with Gasteiger partial charge in [-0.1, -0.05) is 15.9 Å². The van der Waals surface area contributed by atoms with Gasteiger partial charge < -0.3 is 15.1 Å². The lowest BCUT2D eigenvalue weighted by molar-refractivity contribution is 0.139. The summed E-state index contributed by atoms with van der Waals surface area (Å²) in [5, 5.41) is 10.4. The minimum absolute atomic E-state index is 0.360. The fourth-order valence-corrected chi connectivity index (χ4v) is 2.95. The maximum Gasteiger partial charge on any atom is 0.323 e. The highest BCUT2D eigenvalue weighted by Crippen LogP contribution is 2.36. The summed E-state index contributed by atoms with van der Waals surface area (Å²) in [5.74, 6) is 0. The number of hydrogen-bond donors (Lipinski definition) is 3. The van der Waals surface area contributed by atoms with Crippen molar-refractivity contribution < 1.29 is 13.5 Å². The molecule has 0 radical (unpaired) electrons. The van der Waals surface area contributed by atoms with Crippen LogP contribution in [0.15, 0.2) is 21.4 Å². The number of fused-ring (bicyclic) bond motifs is 1. The van der Waals surface area contributed by atoms with E-state index in [0.29, 0.717) is 21.1 Å². The Morgan fingerprint density at radius 1 is 1.25 bits per heavy atom. The average molecular weight is 363 g/mol. The number of aliphatic hydroxyl groups is 1. The summed E-state index contributed by atoms with van der Waals surface area (Å²) in [6.07, 6.45) is -0.143. The number of hydrogen-bond acceptors (Lipinski definition) is 4. The molecule has 0 aliphatic carbocycles. The van der Waals surface area contributed by atoms with Crippen molar-refractivity contribution in [3.05, 3.63) is 32.7 Å². The van der Waals surface area contributed by atoms with E-state index < -0.39 is 20.7 Å². The summed E-state index contributed by atoms with van der Waals surface area (Å²) in [5.41, 5.74) is 1.13. The fourth-order valence-electron chi connectivity index (χ4n) is 1.86. The van der Waals surface area contributed by atoms with Gasteiger partial charge in [-0.3, -0.25) is 0 Å². The molecule has 0 aliphatic rings. The second kappa shape index (κ2) is 4.71. The number of aliphatic hydroxyl groups excluding tert-OH is 1. The van der Waals surface area contributed by atoms with E-state index in [9.17, 15) is 18.3 Å². The molecule has 0 bridgehead atoms. The van der Waals surface area contributed by atoms with Gasteiger partial charge in [-0.25, -0.2) is 13.2 Å². The van der Waals surface area contributed by atoms with Gasteiger partial charge in [0.15, 0.2) is 9.84 Å². The summed E-state index contributed by atoms with van der Waals surface area (Å²) in [7, 11) is -3.47. The van der Waals surface area contributed by atoms with Crippen LogP contribution in [0, 0.1) is 0 Å². The molecule has 0 spiro atoms. The number of imidazole rings is 1. The molecule has 6 nitrogen and oxygen atoms in total. The fraction of sp³-hybridized carbons (Fsp3) is 0.417. The molecule has 110 valence electrons. The van der Waals surface area contributed by atoms with E-state index >= 15 is 0 Å². The van der Waals surface area contributed by atoms with Crippen LogP contribution in [0.3, 0.4) is 0 Å². The standard InChI is InChI=1S/C12H15BrN2O4S/c1-12(2,20(3,18)19)10(16)6-4-8-9(5-7(6)13)15-11(17)14-8/h4-5,10,16H,1-3H3,(H2,14,15,17). The zero-order valence-electron chi connectivity index (χ0n) is 11.2. The highest BCUT2D eigenvalue weighted by atomic mass is 79.9. The summed E-state index contributed by atoms with van der Waals surface area (Å²) in [4.78, 5) is 16.4. The van der Waals surface area contributed by atoms with Gasteiger partial charge in [0.1, 0.15) is 0 Å². The molecular formula is C12H15BrN2O4S. The van der Waals surface area contributed by atoms with Gasteiger partial charge in [0.05, 0.1) is 21.9 Å². The van der Waals surface area contributed by atoms with Crippen LogP contribution >= 0.6 is 15.9 Å². The first-order valence-corrected chi connectivity index (χ1v) is 8.51. The third kappa shape index (κ3) is 2.43. The number of halogens is 1. The summed E-state index contributed by atoms with van der Waals surface area (Å²) in [6, 6.07) is 3.19. The highest BCUT2D eigenvalue weighted by molar-refractivity contribution is 9.10. The molecule has 1 heterocycles. The third-order valence-electron chi connectivity index (χ3n) is 3.54.